The number of hydrogen-bond acceptors (Lipinski definition) is 9. The molecule has 170 valence electrons. The molecular weight excluding hydrogens is 443 g/mol. The van der Waals surface area contributed by atoms with Crippen LogP contribution in [0.5, 0.6) is 0 Å². The Balaban J connectivity index is 3.37. The Kier molecular flexibility index (Phi) is 10.6. The fourth-order valence-electron chi connectivity index (χ4n) is 1.97. The summed E-state index contributed by atoms with van der Waals surface area (Å²) in [7, 11) is 0. The molecule has 0 aromatic heterocycles. The molecule has 0 saturated carbocycles. The molecule has 0 aliphatic heterocycles. The maximum absolute atomic E-state index is 14.1. The number of carbonyl (C=O) groups excluding carboxylic acids is 4. The highest BCUT2D eigenvalue weighted by Gasteiger charge is 2.28. The van der Waals surface area contributed by atoms with E-state index < -0.39 is 69.8 Å². The minimum Gasteiger partial charge on any atom is -0.462 e. The quantitative estimate of drug-likeness (QED) is 0.132. The van der Waals surface area contributed by atoms with Crippen molar-refractivity contribution in [3.05, 3.63) is 40.2 Å². The van der Waals surface area contributed by atoms with Gasteiger partial charge in [0.1, 0.15) is 0 Å². The first kappa shape index (κ1) is 26.0. The van der Waals surface area contributed by atoms with Crippen molar-refractivity contribution in [1.29, 1.82) is 0 Å². The number of nitrogens with one attached hydrogen (secondary N) is 1. The molecule has 1 N–H and O–H groups in total. The second-order valence-electron chi connectivity index (χ2n) is 5.60. The molecule has 1 aromatic rings. The number of thioether (sulfide) groups is 1. The highest BCUT2D eigenvalue weighted by Crippen LogP contribution is 2.28. The van der Waals surface area contributed by atoms with Crippen LogP contribution in [0.1, 0.15) is 20.8 Å². The standard InChI is InChI=1S/C19H20F3NO7S/c1-4-28-18(26)14(19(27)29-5-2)17(31-9-11(25)8-30-10(3)24)23-13-7-6-12(20)15(21)16(13)22/h6-7,23H,4-5,8-9H2,1-3H3. The van der Waals surface area contributed by atoms with Crippen LogP contribution in [0.2, 0.25) is 0 Å². The molecule has 0 heterocycles. The van der Waals surface area contributed by atoms with E-state index in [1.807, 2.05) is 0 Å². The molecule has 8 nitrogen and oxygen atoms in total. The van der Waals surface area contributed by atoms with Crippen molar-refractivity contribution in [2.45, 2.75) is 20.8 Å². The van der Waals surface area contributed by atoms with Gasteiger partial charge in [0.15, 0.2) is 35.4 Å². The van der Waals surface area contributed by atoms with Gasteiger partial charge in [-0.2, -0.15) is 0 Å². The normalized spacial score (nSPS) is 10.1. The molecule has 0 saturated heterocycles. The summed E-state index contributed by atoms with van der Waals surface area (Å²) in [6.07, 6.45) is 0. The molecule has 0 atom stereocenters. The molecule has 12 heteroatoms. The molecule has 0 aliphatic carbocycles. The Morgan fingerprint density at radius 1 is 0.935 bits per heavy atom. The van der Waals surface area contributed by atoms with Crippen molar-refractivity contribution in [2.24, 2.45) is 0 Å². The summed E-state index contributed by atoms with van der Waals surface area (Å²) < 4.78 is 55.1. The van der Waals surface area contributed by atoms with Crippen LogP contribution in [0.15, 0.2) is 22.7 Å². The summed E-state index contributed by atoms with van der Waals surface area (Å²) in [6, 6.07) is 1.46. The van der Waals surface area contributed by atoms with Crippen molar-refractivity contribution in [3.63, 3.8) is 0 Å². The van der Waals surface area contributed by atoms with E-state index in [4.69, 9.17) is 9.47 Å². The van der Waals surface area contributed by atoms with E-state index in [-0.39, 0.29) is 13.2 Å². The fourth-order valence-corrected chi connectivity index (χ4v) is 2.85. The molecule has 0 fully saturated rings. The summed E-state index contributed by atoms with van der Waals surface area (Å²) in [5, 5.41) is 1.91. The molecule has 1 rings (SSSR count). The Morgan fingerprint density at radius 3 is 2.03 bits per heavy atom. The van der Waals surface area contributed by atoms with E-state index in [9.17, 15) is 32.3 Å². The van der Waals surface area contributed by atoms with Crippen LogP contribution in [-0.2, 0) is 33.4 Å². The van der Waals surface area contributed by atoms with Crippen LogP contribution >= 0.6 is 11.8 Å². The summed E-state index contributed by atoms with van der Waals surface area (Å²) in [6.45, 7) is 3.22. The van der Waals surface area contributed by atoms with Crippen LogP contribution in [0.4, 0.5) is 18.9 Å². The maximum Gasteiger partial charge on any atom is 0.348 e. The number of ketones is 1. The van der Waals surface area contributed by atoms with Crippen LogP contribution in [-0.4, -0.2) is 49.3 Å². The van der Waals surface area contributed by atoms with Crippen LogP contribution in [0.3, 0.4) is 0 Å². The number of rotatable bonds is 11. The van der Waals surface area contributed by atoms with Gasteiger partial charge in [-0.15, -0.1) is 0 Å². The van der Waals surface area contributed by atoms with Crippen molar-refractivity contribution in [3.8, 4) is 0 Å². The number of carbonyl (C=O) groups is 4. The molecule has 0 amide bonds. The van der Waals surface area contributed by atoms with Gasteiger partial charge in [-0.1, -0.05) is 11.8 Å². The lowest BCUT2D eigenvalue weighted by Gasteiger charge is -2.16. The van der Waals surface area contributed by atoms with Gasteiger partial charge in [-0.05, 0) is 26.0 Å². The van der Waals surface area contributed by atoms with Gasteiger partial charge in [0.05, 0.1) is 29.7 Å². The lowest BCUT2D eigenvalue weighted by atomic mass is 10.2. The Bertz CT molecular complexity index is 869. The molecular formula is C19H20F3NO7S. The predicted molar refractivity (Wildman–Crippen MR) is 104 cm³/mol. The SMILES string of the molecule is CCOC(=O)C(C(=O)OCC)=C(Nc1ccc(F)c(F)c1F)SCC(=O)COC(C)=O. The van der Waals surface area contributed by atoms with E-state index in [1.54, 1.807) is 0 Å². The molecule has 0 spiro atoms. The molecule has 1 aromatic carbocycles. The lowest BCUT2D eigenvalue weighted by Crippen LogP contribution is -2.23. The summed E-state index contributed by atoms with van der Waals surface area (Å²) in [5.74, 6) is -8.88. The molecule has 31 heavy (non-hydrogen) atoms. The van der Waals surface area contributed by atoms with Gasteiger partial charge in [0.2, 0.25) is 0 Å². The first-order valence-electron chi connectivity index (χ1n) is 8.89. The highest BCUT2D eigenvalue weighted by atomic mass is 32.2. The summed E-state index contributed by atoms with van der Waals surface area (Å²) in [5.41, 5.74) is -1.32. The van der Waals surface area contributed by atoms with Crippen molar-refractivity contribution < 1.29 is 46.6 Å². The highest BCUT2D eigenvalue weighted by molar-refractivity contribution is 8.03. The second kappa shape index (κ2) is 12.6. The van der Waals surface area contributed by atoms with Crippen molar-refractivity contribution in [2.75, 3.05) is 30.9 Å². The third-order valence-corrected chi connectivity index (χ3v) is 4.34. The smallest absolute Gasteiger partial charge is 0.348 e. The minimum atomic E-state index is -1.78. The third kappa shape index (κ3) is 7.96. The topological polar surface area (TPSA) is 108 Å². The summed E-state index contributed by atoms with van der Waals surface area (Å²) >= 11 is 0.555. The monoisotopic (exact) mass is 463 g/mol. The van der Waals surface area contributed by atoms with E-state index in [0.29, 0.717) is 17.8 Å². The number of Topliss-reactive ketones (excluding diaryl/α,β-unsaturated/α-hetero) is 1. The lowest BCUT2D eigenvalue weighted by molar-refractivity contribution is -0.146. The number of anilines is 1. The maximum atomic E-state index is 14.1. The molecule has 0 aliphatic rings. The minimum absolute atomic E-state index is 0.120. The zero-order valence-electron chi connectivity index (χ0n) is 16.9. The van der Waals surface area contributed by atoms with Gasteiger partial charge >= 0.3 is 17.9 Å². The largest absolute Gasteiger partial charge is 0.462 e. The number of halogens is 3. The average Bonchev–Trinajstić information content (AvgIpc) is 2.71. The molecule has 0 unspecified atom stereocenters. The zero-order chi connectivity index (χ0) is 23.6. The number of benzene rings is 1. The Labute approximate surface area is 180 Å². The average molecular weight is 463 g/mol. The Hall–Kier alpha value is -3.02. The first-order chi connectivity index (χ1) is 14.6. The van der Waals surface area contributed by atoms with Gasteiger partial charge in [0, 0.05) is 6.92 Å². The van der Waals surface area contributed by atoms with Gasteiger partial charge in [-0.25, -0.2) is 22.8 Å². The molecule has 0 radical (unpaired) electrons. The second-order valence-corrected chi connectivity index (χ2v) is 6.59. The van der Waals surface area contributed by atoms with Crippen LogP contribution in [0, 0.1) is 17.5 Å². The first-order valence-corrected chi connectivity index (χ1v) is 9.87. The van der Waals surface area contributed by atoms with Crippen molar-refractivity contribution in [1.82, 2.24) is 0 Å². The van der Waals surface area contributed by atoms with E-state index in [1.165, 1.54) is 13.8 Å². The zero-order valence-corrected chi connectivity index (χ0v) is 17.7. The van der Waals surface area contributed by atoms with Gasteiger partial charge in [0.25, 0.3) is 0 Å². The van der Waals surface area contributed by atoms with E-state index in [0.717, 1.165) is 13.0 Å². The van der Waals surface area contributed by atoms with Gasteiger partial charge in [-0.3, -0.25) is 9.59 Å². The summed E-state index contributed by atoms with van der Waals surface area (Å²) in [4.78, 5) is 47.4. The predicted octanol–water partition coefficient (Wildman–Crippen LogP) is 2.72. The number of ether oxygens (including phenoxy) is 3. The third-order valence-electron chi connectivity index (χ3n) is 3.28. The fraction of sp³-hybridized carbons (Fsp3) is 0.368. The van der Waals surface area contributed by atoms with E-state index in [2.05, 4.69) is 10.1 Å². The van der Waals surface area contributed by atoms with E-state index >= 15 is 0 Å². The van der Waals surface area contributed by atoms with Crippen LogP contribution in [0.25, 0.3) is 0 Å². The van der Waals surface area contributed by atoms with Crippen molar-refractivity contribution >= 4 is 41.1 Å². The number of hydrogen-bond donors (Lipinski definition) is 1. The van der Waals surface area contributed by atoms with Crippen LogP contribution < -0.4 is 5.32 Å². The number of esters is 3. The molecule has 0 bridgehead atoms. The Morgan fingerprint density at radius 2 is 1.52 bits per heavy atom. The van der Waals surface area contributed by atoms with Gasteiger partial charge < -0.3 is 19.5 Å².